The number of imidazole rings is 1. The van der Waals surface area contributed by atoms with Crippen molar-refractivity contribution in [3.63, 3.8) is 0 Å². The number of hydrogen-bond acceptors (Lipinski definition) is 6. The summed E-state index contributed by atoms with van der Waals surface area (Å²) in [5.41, 5.74) is 1.53. The second-order valence-electron chi connectivity index (χ2n) is 8.31. The van der Waals surface area contributed by atoms with Gasteiger partial charge in [-0.1, -0.05) is 0 Å². The maximum absolute atomic E-state index is 12.9. The van der Waals surface area contributed by atoms with Crippen LogP contribution in [-0.4, -0.2) is 83.3 Å². The van der Waals surface area contributed by atoms with Gasteiger partial charge in [-0.15, -0.1) is 0 Å². The molecule has 0 aliphatic rings. The van der Waals surface area contributed by atoms with E-state index in [0.717, 1.165) is 12.0 Å². The molecule has 2 aromatic rings. The predicted octanol–water partition coefficient (Wildman–Crippen LogP) is 2.65. The Morgan fingerprint density at radius 3 is 2.59 bits per heavy atom. The molecule has 2 rings (SSSR count). The van der Waals surface area contributed by atoms with Gasteiger partial charge in [-0.25, -0.2) is 0 Å². The molecular weight excluding hydrogens is 515 g/mol. The number of thioether (sulfide) groups is 1. The van der Waals surface area contributed by atoms with Gasteiger partial charge in [0.1, 0.15) is 0 Å². The molecule has 10 heteroatoms. The van der Waals surface area contributed by atoms with Crippen molar-refractivity contribution in [2.75, 3.05) is 25.1 Å². The first kappa shape index (κ1) is 28.1. The molecule has 1 aromatic heterocycles. The van der Waals surface area contributed by atoms with Crippen molar-refractivity contribution in [3.8, 4) is 0 Å². The molecule has 4 unspecified atom stereocenters. The summed E-state index contributed by atoms with van der Waals surface area (Å²) in [6.45, 7) is 5.48. The van der Waals surface area contributed by atoms with Crippen LogP contribution in [0, 0.1) is 5.92 Å². The van der Waals surface area contributed by atoms with Gasteiger partial charge in [0.25, 0.3) is 0 Å². The normalized spacial score (nSPS) is 14.2. The molecule has 8 nitrogen and oxygen atoms in total. The van der Waals surface area contributed by atoms with E-state index in [9.17, 15) is 19.5 Å². The van der Waals surface area contributed by atoms with Crippen molar-refractivity contribution in [3.05, 3.63) is 54.1 Å². The standard InChI is InChI=1S/C24H35AsN4O4S/c1-4-17(2)19(25-23(31)21-12-26-16-27-21)14-29(13-18-8-6-5-7-9-18)15-22(30)28-20(24(32)33)10-11-34-3/h5-9,12,16-17,19-20,25H,4,10-11,13-15H2,1-3H3,(H,26,27)(H,28,30)(H,32,33). The third-order valence-corrected chi connectivity index (χ3v) is 9.78. The predicted molar refractivity (Wildman–Crippen MR) is 138 cm³/mol. The van der Waals surface area contributed by atoms with Crippen LogP contribution in [0.3, 0.4) is 0 Å². The van der Waals surface area contributed by atoms with Crippen molar-refractivity contribution in [2.45, 2.75) is 44.0 Å². The first-order chi connectivity index (χ1) is 16.3. The fraction of sp³-hybridized carbons (Fsp3) is 0.500. The Labute approximate surface area is 212 Å². The van der Waals surface area contributed by atoms with Crippen LogP contribution in [0.2, 0.25) is 4.71 Å². The average Bonchev–Trinajstić information content (AvgIpc) is 3.36. The Bertz CT molecular complexity index is 898. The van der Waals surface area contributed by atoms with Crippen LogP contribution in [-0.2, 0) is 16.1 Å². The van der Waals surface area contributed by atoms with Gasteiger partial charge in [-0.2, -0.15) is 0 Å². The first-order valence-electron chi connectivity index (χ1n) is 11.4. The summed E-state index contributed by atoms with van der Waals surface area (Å²) < 4.78 is 0.246. The van der Waals surface area contributed by atoms with Crippen LogP contribution >= 0.6 is 11.8 Å². The number of carboxylic acid groups (broad SMARTS) is 1. The van der Waals surface area contributed by atoms with Gasteiger partial charge in [-0.05, 0) is 0 Å². The van der Waals surface area contributed by atoms with E-state index < -0.39 is 27.8 Å². The number of H-pyrrole nitrogens is 1. The summed E-state index contributed by atoms with van der Waals surface area (Å²) in [7, 11) is 0. The molecule has 1 heterocycles. The number of amides is 1. The summed E-state index contributed by atoms with van der Waals surface area (Å²) in [5.74, 6) is -0.365. The molecule has 0 spiro atoms. The Hall–Kier alpha value is -2.09. The molecule has 0 saturated carbocycles. The molecule has 1 amide bonds. The van der Waals surface area contributed by atoms with E-state index in [1.807, 2.05) is 41.5 Å². The average molecular weight is 551 g/mol. The molecule has 0 bridgehead atoms. The number of carbonyl (C=O) groups is 3. The van der Waals surface area contributed by atoms with E-state index in [2.05, 4.69) is 29.1 Å². The summed E-state index contributed by atoms with van der Waals surface area (Å²) in [6.07, 6.45) is 6.37. The van der Waals surface area contributed by atoms with Gasteiger partial charge in [0, 0.05) is 0 Å². The first-order valence-corrected chi connectivity index (χ1v) is 15.1. The number of hydrogen-bond donors (Lipinski definition) is 3. The molecule has 34 heavy (non-hydrogen) atoms. The van der Waals surface area contributed by atoms with E-state index >= 15 is 0 Å². The molecule has 0 aliphatic heterocycles. The Balaban J connectivity index is 2.15. The zero-order valence-electron chi connectivity index (χ0n) is 20.0. The molecule has 0 saturated heterocycles. The van der Waals surface area contributed by atoms with Crippen molar-refractivity contribution in [2.24, 2.45) is 5.92 Å². The summed E-state index contributed by atoms with van der Waals surface area (Å²) in [4.78, 5) is 46.3. The fourth-order valence-electron chi connectivity index (χ4n) is 3.52. The van der Waals surface area contributed by atoms with Crippen molar-refractivity contribution in [1.82, 2.24) is 20.2 Å². The summed E-state index contributed by atoms with van der Waals surface area (Å²) >= 11 is 0.518. The number of aromatic nitrogens is 2. The van der Waals surface area contributed by atoms with Gasteiger partial charge in [0.05, 0.1) is 0 Å². The quantitative estimate of drug-likeness (QED) is 0.275. The van der Waals surface area contributed by atoms with E-state index in [-0.39, 0.29) is 21.7 Å². The number of aromatic amines is 1. The molecule has 1 aromatic carbocycles. The van der Waals surface area contributed by atoms with Crippen LogP contribution in [0.15, 0.2) is 42.9 Å². The Morgan fingerprint density at radius 1 is 1.26 bits per heavy atom. The SMILES string of the molecule is CCC(C)C(CN(CC(=O)NC(CCSC)C(=O)O)Cc1ccccc1)[AsH]C(=O)c1c[nH]cn1. The summed E-state index contributed by atoms with van der Waals surface area (Å²) in [6, 6.07) is 8.97. The van der Waals surface area contributed by atoms with Crippen LogP contribution in [0.4, 0.5) is 0 Å². The van der Waals surface area contributed by atoms with E-state index in [0.29, 0.717) is 36.9 Å². The van der Waals surface area contributed by atoms with Crippen LogP contribution in [0.25, 0.3) is 0 Å². The van der Waals surface area contributed by atoms with Gasteiger partial charge < -0.3 is 0 Å². The van der Waals surface area contributed by atoms with Gasteiger partial charge in [0.15, 0.2) is 0 Å². The molecular formula is C24H35AsN4O4S. The number of rotatable bonds is 16. The van der Waals surface area contributed by atoms with E-state index in [4.69, 9.17) is 0 Å². The summed E-state index contributed by atoms with van der Waals surface area (Å²) in [5, 5.41) is 12.2. The van der Waals surface area contributed by atoms with Crippen molar-refractivity contribution < 1.29 is 19.5 Å². The second kappa shape index (κ2) is 15.0. The zero-order chi connectivity index (χ0) is 24.9. The molecule has 0 fully saturated rings. The number of aliphatic carboxylic acids is 1. The molecule has 3 N–H and O–H groups in total. The minimum absolute atomic E-state index is 0.0770. The van der Waals surface area contributed by atoms with Crippen LogP contribution in [0.5, 0.6) is 0 Å². The Kier molecular flexibility index (Phi) is 12.4. The van der Waals surface area contributed by atoms with Gasteiger partial charge >= 0.3 is 213 Å². The molecule has 186 valence electrons. The van der Waals surface area contributed by atoms with Crippen LogP contribution in [0.1, 0.15) is 42.7 Å². The number of carboxylic acids is 1. The minimum atomic E-state index is -1.03. The number of benzene rings is 1. The van der Waals surface area contributed by atoms with Crippen molar-refractivity contribution in [1.29, 1.82) is 0 Å². The topological polar surface area (TPSA) is 115 Å². The monoisotopic (exact) mass is 550 g/mol. The molecule has 0 aliphatic carbocycles. The van der Waals surface area contributed by atoms with Gasteiger partial charge in [0.2, 0.25) is 0 Å². The van der Waals surface area contributed by atoms with Crippen molar-refractivity contribution >= 4 is 44.0 Å². The second-order valence-corrected chi connectivity index (χ2v) is 12.4. The number of nitrogens with zero attached hydrogens (tertiary/aromatic N) is 2. The zero-order valence-corrected chi connectivity index (χ0v) is 22.9. The third-order valence-electron chi connectivity index (χ3n) is 5.69. The third kappa shape index (κ3) is 9.64. The molecule has 0 radical (unpaired) electrons. The van der Waals surface area contributed by atoms with Gasteiger partial charge in [-0.3, -0.25) is 0 Å². The fourth-order valence-corrected chi connectivity index (χ4v) is 7.12. The maximum atomic E-state index is 12.9. The van der Waals surface area contributed by atoms with E-state index in [1.165, 1.54) is 6.33 Å². The van der Waals surface area contributed by atoms with E-state index in [1.54, 1.807) is 18.0 Å². The number of carbonyl (C=O) groups excluding carboxylic acids is 2. The van der Waals surface area contributed by atoms with Crippen LogP contribution < -0.4 is 5.32 Å². The molecule has 4 atom stereocenters. The number of nitrogens with one attached hydrogen (secondary N) is 2. The Morgan fingerprint density at radius 2 is 2.00 bits per heavy atom.